The van der Waals surface area contributed by atoms with Crippen LogP contribution in [-0.2, 0) is 6.61 Å². The molecule has 1 aliphatic rings. The van der Waals surface area contributed by atoms with E-state index in [0.717, 1.165) is 11.8 Å². The van der Waals surface area contributed by atoms with Crippen LogP contribution in [0.15, 0.2) is 42.5 Å². The van der Waals surface area contributed by atoms with E-state index < -0.39 is 0 Å². The lowest BCUT2D eigenvalue weighted by molar-refractivity contribution is 0.103. The monoisotopic (exact) mass is 238 g/mol. The molecule has 0 radical (unpaired) electrons. The maximum atomic E-state index is 12.4. The van der Waals surface area contributed by atoms with Gasteiger partial charge in [-0.3, -0.25) is 9.59 Å². The molecular formula is C15H10O3. The number of ether oxygens (including phenoxy) is 1. The highest BCUT2D eigenvalue weighted by molar-refractivity contribution is 6.12. The maximum Gasteiger partial charge on any atom is 0.197 e. The van der Waals surface area contributed by atoms with Gasteiger partial charge in [0.15, 0.2) is 5.78 Å². The van der Waals surface area contributed by atoms with Crippen LogP contribution in [-0.4, -0.2) is 12.1 Å². The van der Waals surface area contributed by atoms with Crippen molar-refractivity contribution in [1.29, 1.82) is 0 Å². The van der Waals surface area contributed by atoms with Gasteiger partial charge in [-0.25, -0.2) is 0 Å². The molecule has 2 aromatic carbocycles. The average molecular weight is 238 g/mol. The molecule has 0 aliphatic carbocycles. The van der Waals surface area contributed by atoms with Crippen LogP contribution < -0.4 is 4.74 Å². The van der Waals surface area contributed by atoms with Crippen molar-refractivity contribution in [2.45, 2.75) is 6.61 Å². The lowest BCUT2D eigenvalue weighted by Gasteiger charge is -2.05. The van der Waals surface area contributed by atoms with Gasteiger partial charge in [-0.2, -0.15) is 0 Å². The fraction of sp³-hybridized carbons (Fsp3) is 0.0667. The molecule has 0 bridgehead atoms. The van der Waals surface area contributed by atoms with E-state index in [1.54, 1.807) is 24.3 Å². The summed E-state index contributed by atoms with van der Waals surface area (Å²) in [5.41, 5.74) is 2.54. The molecule has 0 saturated carbocycles. The zero-order valence-corrected chi connectivity index (χ0v) is 9.55. The van der Waals surface area contributed by atoms with Crippen LogP contribution in [0.2, 0.25) is 0 Å². The van der Waals surface area contributed by atoms with E-state index in [0.29, 0.717) is 29.0 Å². The minimum atomic E-state index is -0.0597. The highest BCUT2D eigenvalue weighted by Crippen LogP contribution is 2.28. The molecule has 1 aliphatic heterocycles. The van der Waals surface area contributed by atoms with Gasteiger partial charge in [0.25, 0.3) is 0 Å². The molecule has 0 unspecified atom stereocenters. The van der Waals surface area contributed by atoms with Crippen LogP contribution in [0.1, 0.15) is 31.8 Å². The van der Waals surface area contributed by atoms with Crippen molar-refractivity contribution < 1.29 is 14.3 Å². The third kappa shape index (κ3) is 1.61. The van der Waals surface area contributed by atoms with Crippen molar-refractivity contribution in [2.24, 2.45) is 0 Å². The lowest BCUT2D eigenvalue weighted by Crippen LogP contribution is -2.02. The predicted molar refractivity (Wildman–Crippen MR) is 66.0 cm³/mol. The molecule has 88 valence electrons. The smallest absolute Gasteiger partial charge is 0.197 e. The van der Waals surface area contributed by atoms with Crippen molar-refractivity contribution in [3.05, 3.63) is 64.7 Å². The standard InChI is InChI=1S/C15H10O3/c16-8-10-5-6-13-14(7-10)18-9-11-3-1-2-4-12(11)15(13)17/h1-8H,9H2. The first-order valence-corrected chi connectivity index (χ1v) is 5.64. The summed E-state index contributed by atoms with van der Waals surface area (Å²) in [5, 5.41) is 0. The summed E-state index contributed by atoms with van der Waals surface area (Å²) < 4.78 is 5.61. The van der Waals surface area contributed by atoms with Crippen molar-refractivity contribution in [3.63, 3.8) is 0 Å². The Bertz CT molecular complexity index is 644. The summed E-state index contributed by atoms with van der Waals surface area (Å²) in [6, 6.07) is 12.3. The quantitative estimate of drug-likeness (QED) is 0.717. The molecule has 3 nitrogen and oxygen atoms in total. The first-order chi connectivity index (χ1) is 8.79. The summed E-state index contributed by atoms with van der Waals surface area (Å²) in [6.07, 6.45) is 0.742. The Morgan fingerprint density at radius 2 is 1.89 bits per heavy atom. The highest BCUT2D eigenvalue weighted by Gasteiger charge is 2.21. The summed E-state index contributed by atoms with van der Waals surface area (Å²) in [5.74, 6) is 0.413. The van der Waals surface area contributed by atoms with Crippen LogP contribution in [0, 0.1) is 0 Å². The zero-order valence-electron chi connectivity index (χ0n) is 9.55. The van der Waals surface area contributed by atoms with Crippen molar-refractivity contribution in [1.82, 2.24) is 0 Å². The fourth-order valence-electron chi connectivity index (χ4n) is 2.09. The summed E-state index contributed by atoms with van der Waals surface area (Å²) in [4.78, 5) is 23.1. The number of carbonyl (C=O) groups excluding carboxylic acids is 2. The molecular weight excluding hydrogens is 228 g/mol. The molecule has 1 heterocycles. The van der Waals surface area contributed by atoms with E-state index in [9.17, 15) is 9.59 Å². The number of carbonyl (C=O) groups is 2. The van der Waals surface area contributed by atoms with E-state index >= 15 is 0 Å². The molecule has 0 atom stereocenters. The molecule has 3 heteroatoms. The molecule has 0 aromatic heterocycles. The summed E-state index contributed by atoms with van der Waals surface area (Å²) in [6.45, 7) is 0.344. The Labute approximate surface area is 104 Å². The first-order valence-electron chi connectivity index (χ1n) is 5.64. The lowest BCUT2D eigenvalue weighted by atomic mass is 9.98. The van der Waals surface area contributed by atoms with Gasteiger partial charge in [0.05, 0.1) is 5.56 Å². The van der Waals surface area contributed by atoms with Crippen molar-refractivity contribution in [2.75, 3.05) is 0 Å². The topological polar surface area (TPSA) is 43.4 Å². The number of ketones is 1. The Hall–Kier alpha value is -2.42. The molecule has 0 N–H and O–H groups in total. The van der Waals surface area contributed by atoms with E-state index in [1.807, 2.05) is 18.2 Å². The fourth-order valence-corrected chi connectivity index (χ4v) is 2.09. The molecule has 0 amide bonds. The number of fused-ring (bicyclic) bond motifs is 2. The van der Waals surface area contributed by atoms with Gasteiger partial charge in [-0.15, -0.1) is 0 Å². The molecule has 18 heavy (non-hydrogen) atoms. The Kier molecular flexibility index (Phi) is 2.45. The van der Waals surface area contributed by atoms with Crippen LogP contribution in [0.4, 0.5) is 0 Å². The van der Waals surface area contributed by atoms with E-state index in [4.69, 9.17) is 4.74 Å². The van der Waals surface area contributed by atoms with Crippen molar-refractivity contribution >= 4 is 12.1 Å². The molecule has 0 fully saturated rings. The van der Waals surface area contributed by atoms with Gasteiger partial charge in [0.1, 0.15) is 18.6 Å². The number of hydrogen-bond acceptors (Lipinski definition) is 3. The second kappa shape index (κ2) is 4.11. The Morgan fingerprint density at radius 3 is 2.72 bits per heavy atom. The third-order valence-electron chi connectivity index (χ3n) is 3.03. The number of hydrogen-bond donors (Lipinski definition) is 0. The molecule has 2 aromatic rings. The molecule has 0 saturated heterocycles. The second-order valence-corrected chi connectivity index (χ2v) is 4.15. The number of benzene rings is 2. The van der Waals surface area contributed by atoms with Gasteiger partial charge in [0.2, 0.25) is 0 Å². The van der Waals surface area contributed by atoms with E-state index in [2.05, 4.69) is 0 Å². The van der Waals surface area contributed by atoms with Crippen LogP contribution in [0.25, 0.3) is 0 Å². The van der Waals surface area contributed by atoms with Crippen molar-refractivity contribution in [3.8, 4) is 5.75 Å². The SMILES string of the molecule is O=Cc1ccc2c(c1)OCc1ccccc1C2=O. The van der Waals surface area contributed by atoms with Crippen LogP contribution in [0.5, 0.6) is 5.75 Å². The number of rotatable bonds is 1. The van der Waals surface area contributed by atoms with E-state index in [1.165, 1.54) is 0 Å². The Morgan fingerprint density at radius 1 is 1.06 bits per heavy atom. The maximum absolute atomic E-state index is 12.4. The minimum absolute atomic E-state index is 0.0597. The average Bonchev–Trinajstić information content (AvgIpc) is 2.57. The normalized spacial score (nSPS) is 13.0. The third-order valence-corrected chi connectivity index (χ3v) is 3.03. The number of aldehydes is 1. The van der Waals surface area contributed by atoms with Gasteiger partial charge >= 0.3 is 0 Å². The van der Waals surface area contributed by atoms with E-state index in [-0.39, 0.29) is 5.78 Å². The summed E-state index contributed by atoms with van der Waals surface area (Å²) in [7, 11) is 0. The Balaban J connectivity index is 2.17. The highest BCUT2D eigenvalue weighted by atomic mass is 16.5. The molecule has 3 rings (SSSR count). The van der Waals surface area contributed by atoms with Gasteiger partial charge in [-0.05, 0) is 12.1 Å². The van der Waals surface area contributed by atoms with Crippen LogP contribution in [0.3, 0.4) is 0 Å². The largest absolute Gasteiger partial charge is 0.488 e. The van der Waals surface area contributed by atoms with Gasteiger partial charge in [0, 0.05) is 16.7 Å². The van der Waals surface area contributed by atoms with Gasteiger partial charge < -0.3 is 4.74 Å². The summed E-state index contributed by atoms with van der Waals surface area (Å²) >= 11 is 0. The zero-order chi connectivity index (χ0) is 12.5. The molecule has 0 spiro atoms. The van der Waals surface area contributed by atoms with Crippen LogP contribution >= 0.6 is 0 Å². The van der Waals surface area contributed by atoms with Gasteiger partial charge in [-0.1, -0.05) is 30.3 Å². The predicted octanol–water partition coefficient (Wildman–Crippen LogP) is 2.62. The minimum Gasteiger partial charge on any atom is -0.488 e. The second-order valence-electron chi connectivity index (χ2n) is 4.15. The first kappa shape index (κ1) is 10.7.